The number of benzene rings is 2. The highest BCUT2D eigenvalue weighted by Gasteiger charge is 2.25. The summed E-state index contributed by atoms with van der Waals surface area (Å²) in [5.74, 6) is -0.521. The van der Waals surface area contributed by atoms with Gasteiger partial charge < -0.3 is 15.3 Å². The molecule has 0 saturated carbocycles. The Morgan fingerprint density at radius 1 is 1.17 bits per heavy atom. The molecule has 158 valence electrons. The van der Waals surface area contributed by atoms with Crippen molar-refractivity contribution < 1.29 is 19.1 Å². The van der Waals surface area contributed by atoms with Gasteiger partial charge in [0, 0.05) is 41.2 Å². The predicted molar refractivity (Wildman–Crippen MR) is 115 cm³/mol. The highest BCUT2D eigenvalue weighted by molar-refractivity contribution is 6.30. The molecule has 2 aromatic carbocycles. The molecule has 3 rings (SSSR count). The number of rotatable bonds is 7. The molecule has 0 radical (unpaired) electrons. The lowest BCUT2D eigenvalue weighted by atomic mass is 9.89. The molecule has 5 nitrogen and oxygen atoms in total. The number of amides is 1. The zero-order valence-corrected chi connectivity index (χ0v) is 17.2. The molecule has 1 aliphatic rings. The summed E-state index contributed by atoms with van der Waals surface area (Å²) in [4.78, 5) is 26.7. The number of halogens is 2. The number of ketones is 1. The van der Waals surface area contributed by atoms with Gasteiger partial charge in [-0.25, -0.2) is 4.39 Å². The smallest absolute Gasteiger partial charge is 0.244 e. The van der Waals surface area contributed by atoms with Crippen molar-refractivity contribution in [1.82, 2.24) is 10.2 Å². The highest BCUT2D eigenvalue weighted by atomic mass is 35.5. The van der Waals surface area contributed by atoms with Gasteiger partial charge in [-0.3, -0.25) is 9.59 Å². The summed E-state index contributed by atoms with van der Waals surface area (Å²) in [6.45, 7) is 2.74. The van der Waals surface area contributed by atoms with Gasteiger partial charge in [-0.2, -0.15) is 0 Å². The zero-order valence-electron chi connectivity index (χ0n) is 16.5. The minimum Gasteiger partial charge on any atom is -0.507 e. The maximum Gasteiger partial charge on any atom is 0.244 e. The Balaban J connectivity index is 1.39. The lowest BCUT2D eigenvalue weighted by molar-refractivity contribution is -0.116. The summed E-state index contributed by atoms with van der Waals surface area (Å²) in [6, 6.07) is 10.3. The molecule has 1 saturated heterocycles. The molecule has 0 unspecified atom stereocenters. The molecule has 0 aliphatic carbocycles. The Hall–Kier alpha value is -2.70. The molecule has 1 amide bonds. The third-order valence-electron chi connectivity index (χ3n) is 5.22. The monoisotopic (exact) mass is 430 g/mol. The van der Waals surface area contributed by atoms with Gasteiger partial charge in [-0.1, -0.05) is 11.6 Å². The van der Waals surface area contributed by atoms with E-state index in [0.717, 1.165) is 25.9 Å². The van der Waals surface area contributed by atoms with E-state index in [4.69, 9.17) is 11.6 Å². The number of nitrogens with one attached hydrogen (secondary N) is 1. The number of piperidine rings is 1. The van der Waals surface area contributed by atoms with Gasteiger partial charge in [0.2, 0.25) is 5.91 Å². The summed E-state index contributed by atoms with van der Waals surface area (Å²) >= 11 is 5.89. The average molecular weight is 431 g/mol. The van der Waals surface area contributed by atoms with E-state index in [1.807, 2.05) is 0 Å². The lowest BCUT2D eigenvalue weighted by Gasteiger charge is -2.31. The molecule has 7 heteroatoms. The molecular weight excluding hydrogens is 407 g/mol. The van der Waals surface area contributed by atoms with E-state index in [0.29, 0.717) is 29.2 Å². The highest BCUT2D eigenvalue weighted by Crippen LogP contribution is 2.23. The number of nitrogens with zero attached hydrogens (tertiary/aromatic N) is 1. The molecule has 0 atom stereocenters. The number of likely N-dealkylation sites (tertiary alicyclic amines) is 1. The number of phenols is 1. The van der Waals surface area contributed by atoms with Crippen LogP contribution in [0.1, 0.15) is 28.8 Å². The van der Waals surface area contributed by atoms with Crippen LogP contribution in [-0.2, 0) is 4.79 Å². The second-order valence-corrected chi connectivity index (χ2v) is 7.75. The molecule has 1 fully saturated rings. The van der Waals surface area contributed by atoms with Gasteiger partial charge >= 0.3 is 0 Å². The van der Waals surface area contributed by atoms with E-state index in [1.54, 1.807) is 12.1 Å². The first-order valence-electron chi connectivity index (χ1n) is 9.89. The van der Waals surface area contributed by atoms with Gasteiger partial charge in [0.25, 0.3) is 0 Å². The fourth-order valence-electron chi connectivity index (χ4n) is 3.49. The largest absolute Gasteiger partial charge is 0.507 e. The van der Waals surface area contributed by atoms with E-state index in [-0.39, 0.29) is 29.2 Å². The van der Waals surface area contributed by atoms with Crippen LogP contribution in [0.4, 0.5) is 4.39 Å². The van der Waals surface area contributed by atoms with Crippen LogP contribution in [0.25, 0.3) is 6.08 Å². The van der Waals surface area contributed by atoms with Crippen molar-refractivity contribution in [3.8, 4) is 5.75 Å². The standard InChI is InChI=1S/C23H24ClFN2O3/c24-19-4-7-21(28)18(15-19)3-8-22(29)26-11-14-27-12-9-17(10-13-27)23(30)16-1-5-20(25)6-2-16/h1-8,15,17,28H,9-14H2,(H,26,29)/b8-3+. The maximum atomic E-state index is 13.0. The number of phenolic OH excluding ortho intramolecular Hbond substituents is 1. The van der Waals surface area contributed by atoms with Crippen LogP contribution in [0.2, 0.25) is 5.02 Å². The second kappa shape index (κ2) is 10.4. The molecule has 30 heavy (non-hydrogen) atoms. The quantitative estimate of drug-likeness (QED) is 0.516. The molecule has 1 heterocycles. The van der Waals surface area contributed by atoms with Crippen molar-refractivity contribution in [2.75, 3.05) is 26.2 Å². The molecular formula is C23H24ClFN2O3. The average Bonchev–Trinajstić information content (AvgIpc) is 2.75. The van der Waals surface area contributed by atoms with Gasteiger partial charge in [0.05, 0.1) is 0 Å². The molecule has 1 aliphatic heterocycles. The molecule has 0 spiro atoms. The summed E-state index contributed by atoms with van der Waals surface area (Å²) in [7, 11) is 0. The zero-order chi connectivity index (χ0) is 21.5. The number of hydrogen-bond acceptors (Lipinski definition) is 4. The first-order valence-corrected chi connectivity index (χ1v) is 10.3. The normalized spacial score (nSPS) is 15.4. The number of carbonyl (C=O) groups excluding carboxylic acids is 2. The van der Waals surface area contributed by atoms with Crippen molar-refractivity contribution in [2.24, 2.45) is 5.92 Å². The predicted octanol–water partition coefficient (Wildman–Crippen LogP) is 3.91. The summed E-state index contributed by atoms with van der Waals surface area (Å²) < 4.78 is 13.0. The van der Waals surface area contributed by atoms with Crippen LogP contribution in [-0.4, -0.2) is 47.9 Å². The fourth-order valence-corrected chi connectivity index (χ4v) is 3.67. The molecule has 2 N–H and O–H groups in total. The first kappa shape index (κ1) is 22.0. The van der Waals surface area contributed by atoms with Crippen molar-refractivity contribution in [2.45, 2.75) is 12.8 Å². The number of Topliss-reactive ketones (excluding diaryl/α,β-unsaturated/α-hetero) is 1. The van der Waals surface area contributed by atoms with E-state index < -0.39 is 0 Å². The van der Waals surface area contributed by atoms with Gasteiger partial charge in [0.1, 0.15) is 11.6 Å². The van der Waals surface area contributed by atoms with E-state index in [2.05, 4.69) is 10.2 Å². The van der Waals surface area contributed by atoms with Crippen LogP contribution in [0.15, 0.2) is 48.5 Å². The van der Waals surface area contributed by atoms with Crippen molar-refractivity contribution >= 4 is 29.4 Å². The number of hydrogen-bond donors (Lipinski definition) is 2. The van der Waals surface area contributed by atoms with Crippen LogP contribution < -0.4 is 5.32 Å². The van der Waals surface area contributed by atoms with Gasteiger partial charge in [-0.15, -0.1) is 0 Å². The summed E-state index contributed by atoms with van der Waals surface area (Å²) in [5, 5.41) is 13.0. The van der Waals surface area contributed by atoms with Crippen molar-refractivity contribution in [3.05, 3.63) is 70.5 Å². The molecule has 2 aromatic rings. The van der Waals surface area contributed by atoms with Crippen LogP contribution >= 0.6 is 11.6 Å². The minimum atomic E-state index is -0.345. The maximum absolute atomic E-state index is 13.0. The van der Waals surface area contributed by atoms with E-state index in [1.165, 1.54) is 42.5 Å². The third-order valence-corrected chi connectivity index (χ3v) is 5.45. The minimum absolute atomic E-state index is 0.0467. The summed E-state index contributed by atoms with van der Waals surface area (Å²) in [5.41, 5.74) is 1.03. The topological polar surface area (TPSA) is 69.6 Å². The van der Waals surface area contributed by atoms with Crippen LogP contribution in [0, 0.1) is 11.7 Å². The third kappa shape index (κ3) is 6.15. The van der Waals surface area contributed by atoms with Crippen LogP contribution in [0.5, 0.6) is 5.75 Å². The lowest BCUT2D eigenvalue weighted by Crippen LogP contribution is -2.40. The second-order valence-electron chi connectivity index (χ2n) is 7.31. The van der Waals surface area contributed by atoms with Crippen molar-refractivity contribution in [3.63, 3.8) is 0 Å². The Kier molecular flexibility index (Phi) is 7.60. The van der Waals surface area contributed by atoms with Gasteiger partial charge in [-0.05, 0) is 74.5 Å². The SMILES string of the molecule is O=C(/C=C/c1cc(Cl)ccc1O)NCCN1CCC(C(=O)c2ccc(F)cc2)CC1. The van der Waals surface area contributed by atoms with Gasteiger partial charge in [0.15, 0.2) is 5.78 Å². The Morgan fingerprint density at radius 3 is 2.57 bits per heavy atom. The Morgan fingerprint density at radius 2 is 1.87 bits per heavy atom. The van der Waals surface area contributed by atoms with E-state index in [9.17, 15) is 19.1 Å². The fraction of sp³-hybridized carbons (Fsp3) is 0.304. The molecule has 0 aromatic heterocycles. The number of carbonyl (C=O) groups is 2. The summed E-state index contributed by atoms with van der Waals surface area (Å²) in [6.07, 6.45) is 4.37. The van der Waals surface area contributed by atoms with Crippen molar-refractivity contribution in [1.29, 1.82) is 0 Å². The van der Waals surface area contributed by atoms with Crippen LogP contribution in [0.3, 0.4) is 0 Å². The number of aromatic hydroxyl groups is 1. The van der Waals surface area contributed by atoms with E-state index >= 15 is 0 Å². The Bertz CT molecular complexity index is 923. The Labute approximate surface area is 180 Å². The first-order chi connectivity index (χ1) is 14.4. The molecule has 0 bridgehead atoms.